The largest absolute Gasteiger partial charge is 0.335 e. The molecule has 22 heavy (non-hydrogen) atoms. The molecule has 4 aromatic rings. The van der Waals surface area contributed by atoms with Crippen LogP contribution >= 0.6 is 0 Å². The van der Waals surface area contributed by atoms with E-state index < -0.39 is 0 Å². The number of carbonyl (C=O) groups is 1. The summed E-state index contributed by atoms with van der Waals surface area (Å²) in [7, 11) is 3.72. The summed E-state index contributed by atoms with van der Waals surface area (Å²) in [6.07, 6.45) is 9.84. The molecule has 0 aromatic carbocycles. The van der Waals surface area contributed by atoms with Crippen LogP contribution in [0.2, 0.25) is 0 Å². The van der Waals surface area contributed by atoms with Crippen molar-refractivity contribution in [3.63, 3.8) is 0 Å². The van der Waals surface area contributed by atoms with Gasteiger partial charge in [0.25, 0.3) is 0 Å². The molecule has 0 saturated heterocycles. The number of fused-ring (bicyclic) bond motifs is 2. The molecule has 0 aliphatic carbocycles. The van der Waals surface area contributed by atoms with Crippen LogP contribution in [0.4, 0.5) is 0 Å². The molecule has 0 aliphatic rings. The third kappa shape index (κ3) is 1.65. The van der Waals surface area contributed by atoms with E-state index in [-0.39, 0.29) is 5.78 Å². The first-order valence-electron chi connectivity index (χ1n) is 6.71. The van der Waals surface area contributed by atoms with E-state index in [0.717, 1.165) is 22.1 Å². The van der Waals surface area contributed by atoms with Crippen LogP contribution in [0, 0.1) is 0 Å². The summed E-state index contributed by atoms with van der Waals surface area (Å²) in [5.41, 5.74) is 2.62. The van der Waals surface area contributed by atoms with Gasteiger partial charge in [-0.15, -0.1) is 0 Å². The molecule has 0 N–H and O–H groups in total. The summed E-state index contributed by atoms with van der Waals surface area (Å²) in [4.78, 5) is 29.4. The second kappa shape index (κ2) is 4.45. The fraction of sp³-hybridized carbons (Fsp3) is 0.133. The minimum Gasteiger partial charge on any atom is -0.335 e. The fourth-order valence-corrected chi connectivity index (χ4v) is 2.74. The van der Waals surface area contributed by atoms with Gasteiger partial charge in [-0.2, -0.15) is 0 Å². The van der Waals surface area contributed by atoms with Gasteiger partial charge in [-0.05, 0) is 0 Å². The smallest absolute Gasteiger partial charge is 0.197 e. The molecule has 0 bridgehead atoms. The number of hydrogen-bond donors (Lipinski definition) is 0. The van der Waals surface area contributed by atoms with Gasteiger partial charge in [-0.1, -0.05) is 0 Å². The first-order valence-corrected chi connectivity index (χ1v) is 6.71. The van der Waals surface area contributed by atoms with E-state index in [2.05, 4.69) is 19.9 Å². The van der Waals surface area contributed by atoms with Crippen LogP contribution in [0.5, 0.6) is 0 Å². The third-order valence-corrected chi connectivity index (χ3v) is 3.77. The van der Waals surface area contributed by atoms with E-state index in [9.17, 15) is 4.79 Å². The maximum Gasteiger partial charge on any atom is 0.197 e. The Morgan fingerprint density at radius 2 is 1.32 bits per heavy atom. The number of rotatable bonds is 2. The van der Waals surface area contributed by atoms with E-state index >= 15 is 0 Å². The second-order valence-electron chi connectivity index (χ2n) is 5.16. The van der Waals surface area contributed by atoms with Crippen molar-refractivity contribution in [2.24, 2.45) is 14.1 Å². The lowest BCUT2D eigenvalue weighted by molar-refractivity contribution is 0.104. The Bertz CT molecular complexity index is 947. The van der Waals surface area contributed by atoms with Crippen molar-refractivity contribution in [3.8, 4) is 0 Å². The summed E-state index contributed by atoms with van der Waals surface area (Å²) >= 11 is 0. The standard InChI is InChI=1S/C15H12N6O/c1-20-5-11(9-3-16-7-18-14(9)20)13(22)12-6-21(2)15-10(12)4-17-8-19-15/h3-8H,1-2H3. The van der Waals surface area contributed by atoms with Gasteiger partial charge in [0, 0.05) is 49.7 Å². The van der Waals surface area contributed by atoms with Crippen LogP contribution < -0.4 is 0 Å². The number of ketones is 1. The molecule has 7 heteroatoms. The van der Waals surface area contributed by atoms with Crippen molar-refractivity contribution < 1.29 is 4.79 Å². The Labute approximate surface area is 125 Å². The number of nitrogens with zero attached hydrogens (tertiary/aromatic N) is 6. The van der Waals surface area contributed by atoms with Crippen LogP contribution in [0.25, 0.3) is 22.1 Å². The highest BCUT2D eigenvalue weighted by Crippen LogP contribution is 2.25. The maximum atomic E-state index is 13.0. The molecule has 0 unspecified atom stereocenters. The van der Waals surface area contributed by atoms with Gasteiger partial charge in [-0.3, -0.25) is 4.79 Å². The highest BCUT2D eigenvalue weighted by molar-refractivity contribution is 6.20. The molecule has 4 aromatic heterocycles. The van der Waals surface area contributed by atoms with Crippen molar-refractivity contribution in [3.05, 3.63) is 48.6 Å². The number of hydrogen-bond acceptors (Lipinski definition) is 5. The summed E-state index contributed by atoms with van der Waals surface area (Å²) in [6, 6.07) is 0. The SMILES string of the molecule is Cn1cc(C(=O)c2cn(C)c3ncncc23)c2cncnc21. The lowest BCUT2D eigenvalue weighted by Crippen LogP contribution is -2.00. The molecule has 0 saturated carbocycles. The van der Waals surface area contributed by atoms with Crippen molar-refractivity contribution in [2.75, 3.05) is 0 Å². The highest BCUT2D eigenvalue weighted by atomic mass is 16.1. The van der Waals surface area contributed by atoms with Gasteiger partial charge in [0.15, 0.2) is 5.78 Å². The lowest BCUT2D eigenvalue weighted by Gasteiger charge is -1.97. The van der Waals surface area contributed by atoms with Gasteiger partial charge in [0.1, 0.15) is 23.9 Å². The first-order chi connectivity index (χ1) is 10.7. The van der Waals surface area contributed by atoms with Crippen molar-refractivity contribution >= 4 is 27.9 Å². The highest BCUT2D eigenvalue weighted by Gasteiger charge is 2.21. The molecule has 0 fully saturated rings. The predicted molar refractivity (Wildman–Crippen MR) is 80.5 cm³/mol. The second-order valence-corrected chi connectivity index (χ2v) is 5.16. The summed E-state index contributed by atoms with van der Waals surface area (Å²) < 4.78 is 3.65. The molecule has 0 amide bonds. The Morgan fingerprint density at radius 1 is 0.864 bits per heavy atom. The molecular formula is C15H12N6O. The van der Waals surface area contributed by atoms with Crippen molar-refractivity contribution in [2.45, 2.75) is 0 Å². The lowest BCUT2D eigenvalue weighted by atomic mass is 10.1. The van der Waals surface area contributed by atoms with Gasteiger partial charge in [0.05, 0.1) is 11.1 Å². The number of aryl methyl sites for hydroxylation is 2. The van der Waals surface area contributed by atoms with E-state index in [0.29, 0.717) is 11.1 Å². The summed E-state index contributed by atoms with van der Waals surface area (Å²) in [5, 5.41) is 1.48. The van der Waals surface area contributed by atoms with Crippen LogP contribution in [-0.4, -0.2) is 34.9 Å². The molecule has 0 spiro atoms. The Morgan fingerprint density at radius 3 is 1.77 bits per heavy atom. The minimum atomic E-state index is -0.0826. The fourth-order valence-electron chi connectivity index (χ4n) is 2.74. The van der Waals surface area contributed by atoms with E-state index in [1.54, 1.807) is 24.8 Å². The van der Waals surface area contributed by atoms with Crippen LogP contribution in [0.1, 0.15) is 15.9 Å². The van der Waals surface area contributed by atoms with Gasteiger partial charge >= 0.3 is 0 Å². The minimum absolute atomic E-state index is 0.0826. The zero-order valence-corrected chi connectivity index (χ0v) is 12.1. The average Bonchev–Trinajstić information content (AvgIpc) is 3.06. The average molecular weight is 292 g/mol. The van der Waals surface area contributed by atoms with Crippen molar-refractivity contribution in [1.29, 1.82) is 0 Å². The summed E-state index contributed by atoms with van der Waals surface area (Å²) in [6.45, 7) is 0. The topological polar surface area (TPSA) is 78.5 Å². The normalized spacial score (nSPS) is 11.4. The van der Waals surface area contributed by atoms with Gasteiger partial charge in [-0.25, -0.2) is 19.9 Å². The van der Waals surface area contributed by atoms with E-state index in [4.69, 9.17) is 0 Å². The first kappa shape index (κ1) is 12.6. The third-order valence-electron chi connectivity index (χ3n) is 3.77. The van der Waals surface area contributed by atoms with E-state index in [1.165, 1.54) is 12.7 Å². The predicted octanol–water partition coefficient (Wildman–Crippen LogP) is 1.48. The van der Waals surface area contributed by atoms with Crippen LogP contribution in [0.3, 0.4) is 0 Å². The van der Waals surface area contributed by atoms with Gasteiger partial charge in [0.2, 0.25) is 0 Å². The zero-order valence-electron chi connectivity index (χ0n) is 12.1. The molecule has 0 radical (unpaired) electrons. The Hall–Kier alpha value is -3.09. The zero-order chi connectivity index (χ0) is 15.3. The van der Waals surface area contributed by atoms with E-state index in [1.807, 2.05) is 23.2 Å². The molecule has 7 nitrogen and oxygen atoms in total. The Balaban J connectivity index is 1.97. The number of carbonyl (C=O) groups excluding carboxylic acids is 1. The molecule has 0 aliphatic heterocycles. The quantitative estimate of drug-likeness (QED) is 0.523. The summed E-state index contributed by atoms with van der Waals surface area (Å²) in [5.74, 6) is -0.0826. The van der Waals surface area contributed by atoms with Crippen LogP contribution in [0.15, 0.2) is 37.4 Å². The molecule has 108 valence electrons. The molecule has 0 atom stereocenters. The molecule has 4 heterocycles. The molecule has 4 rings (SSSR count). The van der Waals surface area contributed by atoms with Crippen molar-refractivity contribution in [1.82, 2.24) is 29.1 Å². The monoisotopic (exact) mass is 292 g/mol. The number of aromatic nitrogens is 6. The van der Waals surface area contributed by atoms with Gasteiger partial charge < -0.3 is 9.13 Å². The molecular weight excluding hydrogens is 280 g/mol. The Kier molecular flexibility index (Phi) is 2.56. The van der Waals surface area contributed by atoms with Crippen LogP contribution in [-0.2, 0) is 14.1 Å². The maximum absolute atomic E-state index is 13.0.